The Morgan fingerprint density at radius 3 is 2.81 bits per heavy atom. The number of nitrogens with zero attached hydrogens (tertiary/aromatic N) is 2. The van der Waals surface area contributed by atoms with E-state index in [0.717, 1.165) is 23.0 Å². The number of ether oxygens (including phenoxy) is 1. The molecule has 6 nitrogen and oxygen atoms in total. The van der Waals surface area contributed by atoms with Gasteiger partial charge in [0.25, 0.3) is 0 Å². The van der Waals surface area contributed by atoms with E-state index < -0.39 is 5.97 Å². The van der Waals surface area contributed by atoms with E-state index in [2.05, 4.69) is 26.3 Å². The number of para-hydroxylation sites is 1. The number of rotatable bonds is 4. The summed E-state index contributed by atoms with van der Waals surface area (Å²) in [6, 6.07) is 7.90. The molecular weight excluding hydrogens is 336 g/mol. The fraction of sp³-hybridized carbons (Fsp3) is 0.286. The first kappa shape index (κ1) is 13.9. The third-order valence-corrected chi connectivity index (χ3v) is 3.98. The second kappa shape index (κ2) is 5.40. The maximum Gasteiger partial charge on any atom is 0.345 e. The number of carbonyl (C=O) groups excluding carboxylic acids is 1. The monoisotopic (exact) mass is 350 g/mol. The summed E-state index contributed by atoms with van der Waals surface area (Å²) >= 11 is 3.47. The van der Waals surface area contributed by atoms with Crippen molar-refractivity contribution in [1.82, 2.24) is 9.78 Å². The maximum absolute atomic E-state index is 12.0. The van der Waals surface area contributed by atoms with E-state index in [1.54, 1.807) is 4.68 Å². The summed E-state index contributed by atoms with van der Waals surface area (Å²) in [6.45, 7) is 0. The minimum Gasteiger partial charge on any atom is -0.465 e. The Labute approximate surface area is 130 Å². The molecule has 1 aromatic carbocycles. The highest BCUT2D eigenvalue weighted by Crippen LogP contribution is 2.32. The van der Waals surface area contributed by atoms with Crippen LogP contribution in [0.15, 0.2) is 28.7 Å². The lowest BCUT2D eigenvalue weighted by Crippen LogP contribution is -2.10. The van der Waals surface area contributed by atoms with Gasteiger partial charge in [-0.1, -0.05) is 12.1 Å². The zero-order valence-corrected chi connectivity index (χ0v) is 13.1. The van der Waals surface area contributed by atoms with Crippen LogP contribution in [-0.2, 0) is 4.74 Å². The van der Waals surface area contributed by atoms with E-state index in [0.29, 0.717) is 11.9 Å². The van der Waals surface area contributed by atoms with Gasteiger partial charge in [-0.25, -0.2) is 9.48 Å². The molecule has 0 radical (unpaired) electrons. The third kappa shape index (κ3) is 2.61. The fourth-order valence-corrected chi connectivity index (χ4v) is 2.52. The van der Waals surface area contributed by atoms with E-state index in [4.69, 9.17) is 10.5 Å². The number of hydrogen-bond donors (Lipinski definition) is 2. The van der Waals surface area contributed by atoms with Crippen molar-refractivity contribution < 1.29 is 9.53 Å². The van der Waals surface area contributed by atoms with Crippen molar-refractivity contribution in [3.05, 3.63) is 34.3 Å². The molecule has 3 rings (SSSR count). The Hall–Kier alpha value is -2.02. The average Bonchev–Trinajstić information content (AvgIpc) is 3.23. The van der Waals surface area contributed by atoms with Gasteiger partial charge in [-0.2, -0.15) is 0 Å². The summed E-state index contributed by atoms with van der Waals surface area (Å²) in [5.41, 5.74) is 7.16. The molecule has 1 aliphatic rings. The predicted molar refractivity (Wildman–Crippen MR) is 83.7 cm³/mol. The Balaban J connectivity index is 2.11. The smallest absolute Gasteiger partial charge is 0.345 e. The number of nitrogen functional groups attached to an aromatic ring is 1. The molecule has 0 saturated heterocycles. The highest BCUT2D eigenvalue weighted by atomic mass is 79.9. The van der Waals surface area contributed by atoms with Gasteiger partial charge in [0.05, 0.1) is 12.8 Å². The number of carbonyl (C=O) groups is 1. The van der Waals surface area contributed by atoms with Gasteiger partial charge in [-0.05, 0) is 40.9 Å². The maximum atomic E-state index is 12.0. The molecule has 110 valence electrons. The number of hydrogen-bond acceptors (Lipinski definition) is 5. The highest BCUT2D eigenvalue weighted by Gasteiger charge is 2.29. The molecule has 1 aromatic heterocycles. The van der Waals surface area contributed by atoms with Crippen LogP contribution in [0.4, 0.5) is 11.6 Å². The molecule has 0 unspecified atom stereocenters. The van der Waals surface area contributed by atoms with Gasteiger partial charge in [-0.3, -0.25) is 0 Å². The molecule has 0 spiro atoms. The Morgan fingerprint density at radius 1 is 1.48 bits per heavy atom. The van der Waals surface area contributed by atoms with Gasteiger partial charge >= 0.3 is 5.97 Å². The van der Waals surface area contributed by atoms with Crippen LogP contribution in [-0.4, -0.2) is 28.9 Å². The molecule has 0 bridgehead atoms. The summed E-state index contributed by atoms with van der Waals surface area (Å²) in [5, 5.41) is 7.66. The molecular formula is C14H15BrN4O2. The second-order valence-electron chi connectivity index (χ2n) is 4.88. The average molecular weight is 351 g/mol. The minimum absolute atomic E-state index is 0.261. The predicted octanol–water partition coefficient (Wildman–Crippen LogP) is 2.58. The number of nitrogens with two attached hydrogens (primary N) is 1. The van der Waals surface area contributed by atoms with Crippen LogP contribution in [0.25, 0.3) is 5.69 Å². The van der Waals surface area contributed by atoms with Crippen LogP contribution in [0.5, 0.6) is 0 Å². The van der Waals surface area contributed by atoms with E-state index in [1.807, 2.05) is 24.3 Å². The molecule has 21 heavy (non-hydrogen) atoms. The van der Waals surface area contributed by atoms with Gasteiger partial charge in [0.15, 0.2) is 5.82 Å². The van der Waals surface area contributed by atoms with Crippen LogP contribution < -0.4 is 11.1 Å². The minimum atomic E-state index is -0.492. The number of methoxy groups -OCH3 is 1. The molecule has 3 N–H and O–H groups in total. The zero-order valence-electron chi connectivity index (χ0n) is 11.5. The molecule has 1 saturated carbocycles. The van der Waals surface area contributed by atoms with Crippen LogP contribution in [0.2, 0.25) is 0 Å². The van der Waals surface area contributed by atoms with Crippen LogP contribution in [0.1, 0.15) is 23.2 Å². The summed E-state index contributed by atoms with van der Waals surface area (Å²) in [5.74, 6) is 0.239. The molecule has 1 heterocycles. The van der Waals surface area contributed by atoms with Crippen molar-refractivity contribution in [3.8, 4) is 5.69 Å². The number of halogens is 1. The first-order chi connectivity index (χ1) is 10.1. The molecule has 2 aromatic rings. The number of aromatic nitrogens is 2. The Bertz CT molecular complexity index is 694. The van der Waals surface area contributed by atoms with Crippen LogP contribution >= 0.6 is 15.9 Å². The second-order valence-corrected chi connectivity index (χ2v) is 5.74. The van der Waals surface area contributed by atoms with Gasteiger partial charge in [0.2, 0.25) is 0 Å². The van der Waals surface area contributed by atoms with Crippen molar-refractivity contribution in [1.29, 1.82) is 0 Å². The zero-order chi connectivity index (χ0) is 15.0. The molecule has 0 amide bonds. The molecule has 1 aliphatic carbocycles. The lowest BCUT2D eigenvalue weighted by atomic mass is 10.3. The summed E-state index contributed by atoms with van der Waals surface area (Å²) < 4.78 is 7.20. The van der Waals surface area contributed by atoms with Gasteiger partial charge < -0.3 is 15.8 Å². The lowest BCUT2D eigenvalue weighted by Gasteiger charge is -2.06. The van der Waals surface area contributed by atoms with Crippen LogP contribution in [0, 0.1) is 0 Å². The number of anilines is 2. The lowest BCUT2D eigenvalue weighted by molar-refractivity contribution is 0.0603. The molecule has 0 atom stereocenters. The number of nitrogens with one attached hydrogen (secondary N) is 1. The first-order valence-electron chi connectivity index (χ1n) is 6.60. The highest BCUT2D eigenvalue weighted by molar-refractivity contribution is 9.10. The van der Waals surface area contributed by atoms with Gasteiger partial charge in [0.1, 0.15) is 11.4 Å². The quantitative estimate of drug-likeness (QED) is 0.828. The van der Waals surface area contributed by atoms with Crippen molar-refractivity contribution in [2.45, 2.75) is 18.9 Å². The first-order valence-corrected chi connectivity index (χ1v) is 7.39. The summed E-state index contributed by atoms with van der Waals surface area (Å²) in [4.78, 5) is 12.0. The summed E-state index contributed by atoms with van der Waals surface area (Å²) in [6.07, 6.45) is 2.14. The standard InChI is InChI=1S/C14H15BrN4O2/c1-21-14(20)11-12(16)19(10-5-3-2-4-9(10)15)18-13(11)17-8-6-7-8/h2-5,8H,6-7,16H2,1H3,(H,17,18). The Morgan fingerprint density at radius 2 is 2.19 bits per heavy atom. The Kier molecular flexibility index (Phi) is 3.59. The SMILES string of the molecule is COC(=O)c1c(NC2CC2)nn(-c2ccccc2Br)c1N. The number of esters is 1. The van der Waals surface area contributed by atoms with Gasteiger partial charge in [-0.15, -0.1) is 5.10 Å². The largest absolute Gasteiger partial charge is 0.465 e. The molecule has 0 aliphatic heterocycles. The third-order valence-electron chi connectivity index (χ3n) is 3.31. The van der Waals surface area contributed by atoms with Crippen molar-refractivity contribution >= 4 is 33.5 Å². The fourth-order valence-electron chi connectivity index (χ4n) is 2.06. The van der Waals surface area contributed by atoms with E-state index in [1.165, 1.54) is 7.11 Å². The topological polar surface area (TPSA) is 82.2 Å². The van der Waals surface area contributed by atoms with Crippen molar-refractivity contribution in [2.24, 2.45) is 0 Å². The summed E-state index contributed by atoms with van der Waals surface area (Å²) in [7, 11) is 1.33. The van der Waals surface area contributed by atoms with Gasteiger partial charge in [0, 0.05) is 10.5 Å². The van der Waals surface area contributed by atoms with E-state index in [9.17, 15) is 4.79 Å². The van der Waals surface area contributed by atoms with E-state index >= 15 is 0 Å². The molecule has 1 fully saturated rings. The molecule has 7 heteroatoms. The normalized spacial score (nSPS) is 14.0. The van der Waals surface area contributed by atoms with Crippen molar-refractivity contribution in [2.75, 3.05) is 18.2 Å². The van der Waals surface area contributed by atoms with Crippen LogP contribution in [0.3, 0.4) is 0 Å². The van der Waals surface area contributed by atoms with E-state index in [-0.39, 0.29) is 11.4 Å². The van der Waals surface area contributed by atoms with Crippen molar-refractivity contribution in [3.63, 3.8) is 0 Å². The number of benzene rings is 1.